The Hall–Kier alpha value is -0.130. The van der Waals surface area contributed by atoms with Crippen LogP contribution in [0.2, 0.25) is 0 Å². The topological polar surface area (TPSA) is 58.2 Å². The number of hydrogen-bond donors (Lipinski definition) is 2. The van der Waals surface area contributed by atoms with Crippen molar-refractivity contribution in [3.8, 4) is 0 Å². The summed E-state index contributed by atoms with van der Waals surface area (Å²) in [6.07, 6.45) is 6.84. The van der Waals surface area contributed by atoms with Gasteiger partial charge in [0, 0.05) is 18.6 Å². The second kappa shape index (κ2) is 5.88. The van der Waals surface area contributed by atoms with Gasteiger partial charge >= 0.3 is 0 Å². The summed E-state index contributed by atoms with van der Waals surface area (Å²) >= 11 is 0. The molecule has 2 atom stereocenters. The molecule has 0 aromatic carbocycles. The Morgan fingerprint density at radius 1 is 1.22 bits per heavy atom. The van der Waals surface area contributed by atoms with Gasteiger partial charge in [0.1, 0.15) is 0 Å². The Labute approximate surface area is 111 Å². The summed E-state index contributed by atoms with van der Waals surface area (Å²) in [6.45, 7) is 4.42. The van der Waals surface area contributed by atoms with Gasteiger partial charge in [0.2, 0.25) is 10.0 Å². The molecule has 0 saturated heterocycles. The van der Waals surface area contributed by atoms with E-state index in [1.54, 1.807) is 6.92 Å². The highest BCUT2D eigenvalue weighted by Crippen LogP contribution is 2.34. The zero-order chi connectivity index (χ0) is 13.2. The molecular weight excluding hydrogens is 248 g/mol. The van der Waals surface area contributed by atoms with Crippen LogP contribution in [-0.2, 0) is 10.0 Å². The van der Waals surface area contributed by atoms with Gasteiger partial charge in [-0.2, -0.15) is 0 Å². The van der Waals surface area contributed by atoms with Crippen LogP contribution in [0.15, 0.2) is 0 Å². The van der Waals surface area contributed by atoms with Gasteiger partial charge in [-0.05, 0) is 38.5 Å². The highest BCUT2D eigenvalue weighted by Gasteiger charge is 2.30. The van der Waals surface area contributed by atoms with Crippen molar-refractivity contribution in [2.45, 2.75) is 69.7 Å². The molecule has 0 amide bonds. The first-order valence-electron chi connectivity index (χ1n) is 7.25. The van der Waals surface area contributed by atoms with Crippen LogP contribution in [-0.4, -0.2) is 32.3 Å². The van der Waals surface area contributed by atoms with Crippen LogP contribution in [0.3, 0.4) is 0 Å². The average Bonchev–Trinajstić information content (AvgIpc) is 3.18. The quantitative estimate of drug-likeness (QED) is 0.672. The van der Waals surface area contributed by atoms with E-state index in [1.165, 1.54) is 25.7 Å². The minimum Gasteiger partial charge on any atom is -0.313 e. The van der Waals surface area contributed by atoms with E-state index in [9.17, 15) is 8.42 Å². The highest BCUT2D eigenvalue weighted by atomic mass is 32.2. The largest absolute Gasteiger partial charge is 0.313 e. The van der Waals surface area contributed by atoms with Crippen molar-refractivity contribution in [2.75, 3.05) is 6.54 Å². The van der Waals surface area contributed by atoms with E-state index in [0.717, 1.165) is 18.8 Å². The monoisotopic (exact) mass is 274 g/mol. The lowest BCUT2D eigenvalue weighted by Gasteiger charge is -2.20. The smallest absolute Gasteiger partial charge is 0.215 e. The van der Waals surface area contributed by atoms with E-state index >= 15 is 0 Å². The maximum atomic E-state index is 12.2. The molecule has 0 spiro atoms. The van der Waals surface area contributed by atoms with Gasteiger partial charge in [0.25, 0.3) is 0 Å². The molecule has 2 rings (SSSR count). The Morgan fingerprint density at radius 3 is 2.39 bits per heavy atom. The van der Waals surface area contributed by atoms with Crippen LogP contribution in [0.4, 0.5) is 0 Å². The molecule has 0 aromatic rings. The van der Waals surface area contributed by atoms with Crippen molar-refractivity contribution in [1.82, 2.24) is 10.0 Å². The summed E-state index contributed by atoms with van der Waals surface area (Å²) < 4.78 is 27.3. The fourth-order valence-electron chi connectivity index (χ4n) is 2.13. The maximum absolute atomic E-state index is 12.2. The van der Waals surface area contributed by atoms with Crippen LogP contribution in [0, 0.1) is 5.92 Å². The van der Waals surface area contributed by atoms with Gasteiger partial charge < -0.3 is 5.32 Å². The molecule has 18 heavy (non-hydrogen) atoms. The van der Waals surface area contributed by atoms with Crippen LogP contribution in [0.25, 0.3) is 0 Å². The zero-order valence-corrected chi connectivity index (χ0v) is 12.3. The van der Waals surface area contributed by atoms with Gasteiger partial charge in [0.15, 0.2) is 0 Å². The molecule has 2 unspecified atom stereocenters. The van der Waals surface area contributed by atoms with Crippen molar-refractivity contribution in [3.63, 3.8) is 0 Å². The average molecular weight is 274 g/mol. The molecular formula is C13H26N2O2S. The van der Waals surface area contributed by atoms with Crippen molar-refractivity contribution in [3.05, 3.63) is 0 Å². The molecule has 0 bridgehead atoms. The first kappa shape index (κ1) is 14.3. The predicted octanol–water partition coefficient (Wildman–Crippen LogP) is 1.62. The second-order valence-electron chi connectivity index (χ2n) is 5.94. The van der Waals surface area contributed by atoms with Gasteiger partial charge in [-0.25, -0.2) is 13.1 Å². The van der Waals surface area contributed by atoms with E-state index in [-0.39, 0.29) is 11.3 Å². The normalized spacial score (nSPS) is 23.9. The third-order valence-electron chi connectivity index (χ3n) is 3.94. The summed E-state index contributed by atoms with van der Waals surface area (Å²) in [4.78, 5) is 0. The number of rotatable bonds is 9. The van der Waals surface area contributed by atoms with Gasteiger partial charge in [0.05, 0.1) is 5.25 Å². The molecule has 2 aliphatic carbocycles. The SMILES string of the molecule is CCC(CC1CC1)NS(=O)(=O)C(C)CNC1CC1. The standard InChI is InChI=1S/C13H26N2O2S/c1-3-12(8-11-4-5-11)15-18(16,17)10(2)9-14-13-6-7-13/h10-15H,3-9H2,1-2H3. The molecule has 2 aliphatic rings. The summed E-state index contributed by atoms with van der Waals surface area (Å²) in [7, 11) is -3.17. The van der Waals surface area contributed by atoms with E-state index in [4.69, 9.17) is 0 Å². The van der Waals surface area contributed by atoms with Crippen LogP contribution < -0.4 is 10.0 Å². The van der Waals surface area contributed by atoms with E-state index in [0.29, 0.717) is 12.6 Å². The molecule has 4 nitrogen and oxygen atoms in total. The van der Waals surface area contributed by atoms with Gasteiger partial charge in [-0.1, -0.05) is 19.8 Å². The third kappa shape index (κ3) is 4.52. The lowest BCUT2D eigenvalue weighted by Crippen LogP contribution is -2.44. The number of sulfonamides is 1. The molecule has 0 radical (unpaired) electrons. The lowest BCUT2D eigenvalue weighted by atomic mass is 10.1. The zero-order valence-electron chi connectivity index (χ0n) is 11.5. The van der Waals surface area contributed by atoms with Gasteiger partial charge in [-0.3, -0.25) is 0 Å². The Bertz CT molecular complexity index is 361. The van der Waals surface area contributed by atoms with E-state index in [1.807, 2.05) is 0 Å². The van der Waals surface area contributed by atoms with E-state index in [2.05, 4.69) is 17.0 Å². The van der Waals surface area contributed by atoms with Crippen LogP contribution >= 0.6 is 0 Å². The molecule has 2 saturated carbocycles. The molecule has 2 N–H and O–H groups in total. The fourth-order valence-corrected chi connectivity index (χ4v) is 3.41. The fraction of sp³-hybridized carbons (Fsp3) is 1.00. The summed E-state index contributed by atoms with van der Waals surface area (Å²) in [5.74, 6) is 0.762. The number of hydrogen-bond acceptors (Lipinski definition) is 3. The lowest BCUT2D eigenvalue weighted by molar-refractivity contribution is 0.487. The molecule has 0 aromatic heterocycles. The molecule has 0 aliphatic heterocycles. The van der Waals surface area contributed by atoms with Crippen LogP contribution in [0.5, 0.6) is 0 Å². The van der Waals surface area contributed by atoms with E-state index < -0.39 is 10.0 Å². The predicted molar refractivity (Wildman–Crippen MR) is 74.0 cm³/mol. The number of nitrogens with one attached hydrogen (secondary N) is 2. The van der Waals surface area contributed by atoms with Crippen molar-refractivity contribution < 1.29 is 8.42 Å². The highest BCUT2D eigenvalue weighted by molar-refractivity contribution is 7.90. The summed E-state index contributed by atoms with van der Waals surface area (Å²) in [5.41, 5.74) is 0. The Balaban J connectivity index is 1.78. The molecule has 5 heteroatoms. The first-order chi connectivity index (χ1) is 8.51. The molecule has 0 heterocycles. The third-order valence-corrected chi connectivity index (χ3v) is 5.83. The molecule has 2 fully saturated rings. The maximum Gasteiger partial charge on any atom is 0.215 e. The Kier molecular flexibility index (Phi) is 4.67. The summed E-state index contributed by atoms with van der Waals surface area (Å²) in [6, 6.07) is 0.696. The minimum atomic E-state index is -3.17. The van der Waals surface area contributed by atoms with Crippen molar-refractivity contribution in [1.29, 1.82) is 0 Å². The van der Waals surface area contributed by atoms with Crippen LogP contribution in [0.1, 0.15) is 52.4 Å². The molecule has 106 valence electrons. The Morgan fingerprint density at radius 2 is 1.89 bits per heavy atom. The van der Waals surface area contributed by atoms with Gasteiger partial charge in [-0.15, -0.1) is 0 Å². The minimum absolute atomic E-state index is 0.130. The summed E-state index contributed by atoms with van der Waals surface area (Å²) in [5, 5.41) is 2.95. The van der Waals surface area contributed by atoms with Crippen molar-refractivity contribution >= 4 is 10.0 Å². The second-order valence-corrected chi connectivity index (χ2v) is 8.07. The first-order valence-corrected chi connectivity index (χ1v) is 8.80. The van der Waals surface area contributed by atoms with Crippen molar-refractivity contribution in [2.24, 2.45) is 5.92 Å².